The van der Waals surface area contributed by atoms with Crippen molar-refractivity contribution in [3.63, 3.8) is 0 Å². The van der Waals surface area contributed by atoms with Crippen molar-refractivity contribution < 1.29 is 24.2 Å². The molecule has 0 radical (unpaired) electrons. The topological polar surface area (TPSA) is 83.9 Å². The van der Waals surface area contributed by atoms with Gasteiger partial charge in [0.25, 0.3) is 0 Å². The quantitative estimate of drug-likeness (QED) is 0.426. The summed E-state index contributed by atoms with van der Waals surface area (Å²) in [6.07, 6.45) is 1.60. The van der Waals surface area contributed by atoms with Crippen LogP contribution in [0.3, 0.4) is 0 Å². The largest absolute Gasteiger partial charge is 0.481 e. The summed E-state index contributed by atoms with van der Waals surface area (Å²) < 4.78 is 5.79. The average molecular weight is 532 g/mol. The van der Waals surface area contributed by atoms with Gasteiger partial charge in [-0.1, -0.05) is 47.5 Å². The van der Waals surface area contributed by atoms with Crippen LogP contribution in [0.5, 0.6) is 0 Å². The molecule has 2 aromatic rings. The van der Waals surface area contributed by atoms with Gasteiger partial charge in [-0.3, -0.25) is 9.59 Å². The van der Waals surface area contributed by atoms with Gasteiger partial charge in [0.05, 0.1) is 12.5 Å². The normalized spacial score (nSPS) is 23.3. The molecule has 1 saturated carbocycles. The van der Waals surface area contributed by atoms with Gasteiger partial charge in [-0.2, -0.15) is 0 Å². The lowest BCUT2D eigenvalue weighted by Gasteiger charge is -2.48. The molecule has 1 aliphatic carbocycles. The number of piperidine rings is 1. The number of esters is 1. The SMILES string of the molecule is CC(C)(C)OC(=O)C(C1CC1)N1C(=O)[C@@H](CC(=O)O)C[C@H](c2cccc(Cl)c2)[C@H]1c1ccc(Cl)cc1. The molecule has 2 aromatic carbocycles. The standard InChI is InChI=1S/C28H31Cl2NO5/c1-28(2,3)36-27(35)25(17-7-8-17)31-24(16-9-11-20(29)12-10-16)22(18-5-4-6-21(30)13-18)14-19(26(31)34)15-23(32)33/h4-6,9-13,17,19,22,24-25H,7-8,14-15H2,1-3H3,(H,32,33)/t19-,22-,24-,25?/m1/s1. The Morgan fingerprint density at radius 2 is 1.72 bits per heavy atom. The molecule has 1 unspecified atom stereocenters. The Bertz CT molecular complexity index is 1140. The lowest BCUT2D eigenvalue weighted by atomic mass is 9.74. The molecule has 0 bridgehead atoms. The third-order valence-corrected chi connectivity index (χ3v) is 7.24. The van der Waals surface area contributed by atoms with Crippen molar-refractivity contribution in [2.75, 3.05) is 0 Å². The molecule has 2 aliphatic rings. The summed E-state index contributed by atoms with van der Waals surface area (Å²) in [6.45, 7) is 5.39. The Balaban J connectivity index is 1.88. The minimum absolute atomic E-state index is 0.0396. The number of aliphatic carboxylic acids is 1. The van der Waals surface area contributed by atoms with Gasteiger partial charge >= 0.3 is 11.9 Å². The molecule has 0 spiro atoms. The molecule has 0 aromatic heterocycles. The number of hydrogen-bond acceptors (Lipinski definition) is 4. The third-order valence-electron chi connectivity index (χ3n) is 6.75. The van der Waals surface area contributed by atoms with E-state index in [0.29, 0.717) is 16.5 Å². The first kappa shape index (κ1) is 26.5. The van der Waals surface area contributed by atoms with Gasteiger partial charge in [-0.15, -0.1) is 0 Å². The highest BCUT2D eigenvalue weighted by Crippen LogP contribution is 2.50. The molecule has 36 heavy (non-hydrogen) atoms. The number of carbonyl (C=O) groups is 3. The fourth-order valence-corrected chi connectivity index (χ4v) is 5.51. The van der Waals surface area contributed by atoms with E-state index in [9.17, 15) is 19.5 Å². The maximum Gasteiger partial charge on any atom is 0.329 e. The maximum absolute atomic E-state index is 14.0. The predicted octanol–water partition coefficient (Wildman–Crippen LogP) is 6.26. The van der Waals surface area contributed by atoms with Crippen LogP contribution in [0.15, 0.2) is 48.5 Å². The van der Waals surface area contributed by atoms with Crippen molar-refractivity contribution >= 4 is 41.0 Å². The minimum Gasteiger partial charge on any atom is -0.481 e. The smallest absolute Gasteiger partial charge is 0.329 e. The maximum atomic E-state index is 14.0. The molecule has 1 amide bonds. The summed E-state index contributed by atoms with van der Waals surface area (Å²) in [5.41, 5.74) is 0.973. The monoisotopic (exact) mass is 531 g/mol. The van der Waals surface area contributed by atoms with Crippen LogP contribution in [0.25, 0.3) is 0 Å². The molecule has 8 heteroatoms. The van der Waals surface area contributed by atoms with E-state index < -0.39 is 35.5 Å². The molecule has 1 aliphatic heterocycles. The molecule has 192 valence electrons. The van der Waals surface area contributed by atoms with E-state index in [1.807, 2.05) is 30.3 Å². The zero-order chi connectivity index (χ0) is 26.2. The van der Waals surface area contributed by atoms with E-state index >= 15 is 0 Å². The summed E-state index contributed by atoms with van der Waals surface area (Å²) in [5.74, 6) is -2.95. The lowest BCUT2D eigenvalue weighted by Crippen LogP contribution is -2.56. The highest BCUT2D eigenvalue weighted by molar-refractivity contribution is 6.30. The van der Waals surface area contributed by atoms with Gasteiger partial charge in [-0.25, -0.2) is 4.79 Å². The number of carbonyl (C=O) groups excluding carboxylic acids is 2. The molecule has 4 atom stereocenters. The van der Waals surface area contributed by atoms with E-state index in [2.05, 4.69) is 0 Å². The molecule has 1 saturated heterocycles. The van der Waals surface area contributed by atoms with Gasteiger partial charge < -0.3 is 14.7 Å². The summed E-state index contributed by atoms with van der Waals surface area (Å²) in [5, 5.41) is 10.7. The summed E-state index contributed by atoms with van der Waals surface area (Å²) >= 11 is 12.5. The van der Waals surface area contributed by atoms with Crippen LogP contribution >= 0.6 is 23.2 Å². The zero-order valence-electron chi connectivity index (χ0n) is 20.6. The Hall–Kier alpha value is -2.57. The van der Waals surface area contributed by atoms with Crippen LogP contribution < -0.4 is 0 Å². The Morgan fingerprint density at radius 1 is 1.06 bits per heavy atom. The van der Waals surface area contributed by atoms with Crippen molar-refractivity contribution in [1.29, 1.82) is 0 Å². The predicted molar refractivity (Wildman–Crippen MR) is 138 cm³/mol. The van der Waals surface area contributed by atoms with Crippen LogP contribution in [0.4, 0.5) is 0 Å². The lowest BCUT2D eigenvalue weighted by molar-refractivity contribution is -0.172. The zero-order valence-corrected chi connectivity index (χ0v) is 22.1. The molecule has 1 N–H and O–H groups in total. The number of amides is 1. The van der Waals surface area contributed by atoms with Crippen molar-refractivity contribution in [2.24, 2.45) is 11.8 Å². The molecular formula is C28H31Cl2NO5. The number of likely N-dealkylation sites (tertiary alicyclic amines) is 1. The number of halogens is 2. The molecule has 1 heterocycles. The van der Waals surface area contributed by atoms with Gasteiger partial charge in [-0.05, 0) is 81.3 Å². The van der Waals surface area contributed by atoms with E-state index in [1.54, 1.807) is 43.9 Å². The van der Waals surface area contributed by atoms with Crippen molar-refractivity contribution in [1.82, 2.24) is 4.90 Å². The van der Waals surface area contributed by atoms with Crippen LogP contribution in [0.1, 0.15) is 69.5 Å². The minimum atomic E-state index is -1.05. The van der Waals surface area contributed by atoms with E-state index in [4.69, 9.17) is 27.9 Å². The van der Waals surface area contributed by atoms with Gasteiger partial charge in [0.15, 0.2) is 0 Å². The molecule has 2 fully saturated rings. The highest BCUT2D eigenvalue weighted by Gasteiger charge is 2.53. The fourth-order valence-electron chi connectivity index (χ4n) is 5.19. The van der Waals surface area contributed by atoms with Gasteiger partial charge in [0.1, 0.15) is 11.6 Å². The second-order valence-corrected chi connectivity index (χ2v) is 11.6. The van der Waals surface area contributed by atoms with E-state index in [-0.39, 0.29) is 24.2 Å². The van der Waals surface area contributed by atoms with E-state index in [0.717, 1.165) is 24.0 Å². The summed E-state index contributed by atoms with van der Waals surface area (Å²) in [4.78, 5) is 40.9. The van der Waals surface area contributed by atoms with Crippen molar-refractivity contribution in [2.45, 2.75) is 70.1 Å². The third kappa shape index (κ3) is 6.04. The molecule has 4 rings (SSSR count). The summed E-state index contributed by atoms with van der Waals surface area (Å²) in [6, 6.07) is 13.3. The first-order chi connectivity index (χ1) is 16.9. The Labute approximate surface area is 221 Å². The molecule has 6 nitrogen and oxygen atoms in total. The van der Waals surface area contributed by atoms with Crippen LogP contribution in [-0.2, 0) is 19.1 Å². The van der Waals surface area contributed by atoms with E-state index in [1.165, 1.54) is 0 Å². The number of hydrogen-bond donors (Lipinski definition) is 1. The van der Waals surface area contributed by atoms with Crippen LogP contribution in [0.2, 0.25) is 10.0 Å². The van der Waals surface area contributed by atoms with Crippen LogP contribution in [0, 0.1) is 11.8 Å². The Kier molecular flexibility index (Phi) is 7.67. The van der Waals surface area contributed by atoms with Gasteiger partial charge in [0, 0.05) is 21.9 Å². The van der Waals surface area contributed by atoms with Crippen molar-refractivity contribution in [3.8, 4) is 0 Å². The first-order valence-corrected chi connectivity index (χ1v) is 13.0. The van der Waals surface area contributed by atoms with Crippen LogP contribution in [-0.4, -0.2) is 39.5 Å². The number of carboxylic acid groups (broad SMARTS) is 1. The number of ether oxygens (including phenoxy) is 1. The highest BCUT2D eigenvalue weighted by atomic mass is 35.5. The second-order valence-electron chi connectivity index (χ2n) is 10.7. The average Bonchev–Trinajstić information content (AvgIpc) is 3.60. The number of benzene rings is 2. The fraction of sp³-hybridized carbons (Fsp3) is 0.464. The second kappa shape index (κ2) is 10.4. The Morgan fingerprint density at radius 3 is 2.28 bits per heavy atom. The first-order valence-electron chi connectivity index (χ1n) is 12.2. The summed E-state index contributed by atoms with van der Waals surface area (Å²) in [7, 11) is 0. The van der Waals surface area contributed by atoms with Gasteiger partial charge in [0.2, 0.25) is 5.91 Å². The number of carboxylic acids is 1. The number of rotatable bonds is 7. The molecular weight excluding hydrogens is 501 g/mol. The van der Waals surface area contributed by atoms with Crippen molar-refractivity contribution in [3.05, 3.63) is 69.7 Å². The number of nitrogens with zero attached hydrogens (tertiary/aromatic N) is 1.